The molecule has 0 aliphatic heterocycles. The number of rotatable bonds is 5. The van der Waals surface area contributed by atoms with Crippen LogP contribution >= 0.6 is 0 Å². The lowest BCUT2D eigenvalue weighted by Crippen LogP contribution is -2.50. The highest BCUT2D eigenvalue weighted by Gasteiger charge is 2.34. The Morgan fingerprint density at radius 2 is 2.17 bits per heavy atom. The topological polar surface area (TPSA) is 45.1 Å². The number of halogens is 1. The monoisotopic (exact) mass is 252 g/mol. The van der Waals surface area contributed by atoms with Gasteiger partial charge in [-0.05, 0) is 31.4 Å². The molecule has 1 unspecified atom stereocenters. The SMILES string of the molecule is CCC(CO)(NC1CCCC1)c1ccc(F)cn1. The van der Waals surface area contributed by atoms with Gasteiger partial charge in [0, 0.05) is 6.04 Å². The first-order valence-electron chi connectivity index (χ1n) is 6.71. The van der Waals surface area contributed by atoms with Crippen LogP contribution in [0.5, 0.6) is 0 Å². The second-order valence-electron chi connectivity index (χ2n) is 5.08. The van der Waals surface area contributed by atoms with E-state index in [1.807, 2.05) is 6.92 Å². The summed E-state index contributed by atoms with van der Waals surface area (Å²) in [5.41, 5.74) is 0.184. The van der Waals surface area contributed by atoms with Crippen LogP contribution in [0.3, 0.4) is 0 Å². The standard InChI is InChI=1S/C14H21FN2O/c1-2-14(10-18,17-12-5-3-4-6-12)13-8-7-11(15)9-16-13/h7-9,12,17-18H,2-6,10H2,1H3. The highest BCUT2D eigenvalue weighted by molar-refractivity contribution is 5.17. The van der Waals surface area contributed by atoms with Crippen LogP contribution in [0.25, 0.3) is 0 Å². The third-order valence-corrected chi connectivity index (χ3v) is 3.93. The molecule has 2 N–H and O–H groups in total. The van der Waals surface area contributed by atoms with Crippen molar-refractivity contribution in [3.8, 4) is 0 Å². The van der Waals surface area contributed by atoms with Gasteiger partial charge in [0.15, 0.2) is 0 Å². The molecule has 1 aliphatic carbocycles. The van der Waals surface area contributed by atoms with E-state index >= 15 is 0 Å². The maximum atomic E-state index is 12.9. The van der Waals surface area contributed by atoms with Crippen LogP contribution in [0.4, 0.5) is 4.39 Å². The zero-order chi connectivity index (χ0) is 13.0. The van der Waals surface area contributed by atoms with Crippen molar-refractivity contribution in [2.75, 3.05) is 6.61 Å². The van der Waals surface area contributed by atoms with Crippen molar-refractivity contribution in [3.05, 3.63) is 29.8 Å². The van der Waals surface area contributed by atoms with E-state index in [2.05, 4.69) is 10.3 Å². The first-order valence-corrected chi connectivity index (χ1v) is 6.71. The molecule has 0 aromatic carbocycles. The van der Waals surface area contributed by atoms with E-state index in [0.29, 0.717) is 6.04 Å². The van der Waals surface area contributed by atoms with Crippen LogP contribution in [0, 0.1) is 5.82 Å². The molecule has 0 amide bonds. The van der Waals surface area contributed by atoms with Crippen molar-refractivity contribution >= 4 is 0 Å². The Kier molecular flexibility index (Phi) is 4.30. The quantitative estimate of drug-likeness (QED) is 0.845. The Labute approximate surface area is 107 Å². The molecular weight excluding hydrogens is 231 g/mol. The van der Waals surface area contributed by atoms with E-state index in [0.717, 1.165) is 25.0 Å². The molecule has 1 aromatic rings. The highest BCUT2D eigenvalue weighted by atomic mass is 19.1. The van der Waals surface area contributed by atoms with E-state index in [1.54, 1.807) is 6.07 Å². The lowest BCUT2D eigenvalue weighted by atomic mass is 9.91. The van der Waals surface area contributed by atoms with Crippen LogP contribution in [0.15, 0.2) is 18.3 Å². The molecule has 1 fully saturated rings. The normalized spacial score (nSPS) is 19.9. The summed E-state index contributed by atoms with van der Waals surface area (Å²) in [4.78, 5) is 4.14. The minimum absolute atomic E-state index is 0.0152. The van der Waals surface area contributed by atoms with Crippen LogP contribution in [-0.4, -0.2) is 22.7 Å². The molecule has 1 aromatic heterocycles. The van der Waals surface area contributed by atoms with Crippen LogP contribution in [-0.2, 0) is 5.54 Å². The van der Waals surface area contributed by atoms with Crippen molar-refractivity contribution < 1.29 is 9.50 Å². The van der Waals surface area contributed by atoms with Crippen LogP contribution < -0.4 is 5.32 Å². The second kappa shape index (κ2) is 5.76. The molecule has 1 aliphatic rings. The van der Waals surface area contributed by atoms with E-state index < -0.39 is 5.54 Å². The molecular formula is C14H21FN2O. The number of nitrogens with one attached hydrogen (secondary N) is 1. The molecule has 1 atom stereocenters. The first kappa shape index (κ1) is 13.4. The molecule has 1 heterocycles. The predicted octanol–water partition coefficient (Wildman–Crippen LogP) is 2.35. The Morgan fingerprint density at radius 1 is 1.44 bits per heavy atom. The number of hydrogen-bond donors (Lipinski definition) is 2. The maximum Gasteiger partial charge on any atom is 0.141 e. The first-order chi connectivity index (χ1) is 8.70. The Morgan fingerprint density at radius 3 is 2.67 bits per heavy atom. The van der Waals surface area contributed by atoms with Gasteiger partial charge in [0.2, 0.25) is 0 Å². The molecule has 0 radical (unpaired) electrons. The smallest absolute Gasteiger partial charge is 0.141 e. The third kappa shape index (κ3) is 2.70. The number of aliphatic hydroxyl groups excluding tert-OH is 1. The molecule has 3 nitrogen and oxygen atoms in total. The molecule has 0 saturated heterocycles. The number of aliphatic hydroxyl groups is 1. The van der Waals surface area contributed by atoms with Gasteiger partial charge in [-0.25, -0.2) is 4.39 Å². The van der Waals surface area contributed by atoms with Gasteiger partial charge < -0.3 is 10.4 Å². The Bertz CT molecular complexity index is 370. The summed E-state index contributed by atoms with van der Waals surface area (Å²) in [7, 11) is 0. The Hall–Kier alpha value is -1.00. The second-order valence-corrected chi connectivity index (χ2v) is 5.08. The van der Waals surface area contributed by atoms with Gasteiger partial charge >= 0.3 is 0 Å². The summed E-state index contributed by atoms with van der Waals surface area (Å²) in [6.07, 6.45) is 6.70. The number of nitrogens with zero attached hydrogens (tertiary/aromatic N) is 1. The van der Waals surface area contributed by atoms with Gasteiger partial charge in [0.25, 0.3) is 0 Å². The Balaban J connectivity index is 2.21. The van der Waals surface area contributed by atoms with Crippen molar-refractivity contribution in [2.24, 2.45) is 0 Å². The summed E-state index contributed by atoms with van der Waals surface area (Å²) in [6.45, 7) is 2.00. The number of pyridine rings is 1. The minimum atomic E-state index is -0.539. The average Bonchev–Trinajstić information content (AvgIpc) is 2.90. The van der Waals surface area contributed by atoms with Crippen LogP contribution in [0.1, 0.15) is 44.7 Å². The van der Waals surface area contributed by atoms with Gasteiger partial charge in [-0.3, -0.25) is 4.98 Å². The summed E-state index contributed by atoms with van der Waals surface area (Å²) in [6, 6.07) is 3.50. The zero-order valence-electron chi connectivity index (χ0n) is 10.8. The van der Waals surface area contributed by atoms with Gasteiger partial charge in [-0.2, -0.15) is 0 Å². The van der Waals surface area contributed by atoms with Crippen molar-refractivity contribution in [1.29, 1.82) is 0 Å². The van der Waals surface area contributed by atoms with E-state index in [4.69, 9.17) is 0 Å². The molecule has 0 bridgehead atoms. The van der Waals surface area contributed by atoms with E-state index in [1.165, 1.54) is 25.1 Å². The summed E-state index contributed by atoms with van der Waals surface area (Å²) in [5, 5.41) is 13.3. The van der Waals surface area contributed by atoms with Crippen molar-refractivity contribution in [1.82, 2.24) is 10.3 Å². The third-order valence-electron chi connectivity index (χ3n) is 3.93. The fourth-order valence-corrected chi connectivity index (χ4v) is 2.72. The molecule has 1 saturated carbocycles. The lowest BCUT2D eigenvalue weighted by molar-refractivity contribution is 0.138. The van der Waals surface area contributed by atoms with Gasteiger partial charge in [0.05, 0.1) is 24.0 Å². The van der Waals surface area contributed by atoms with Crippen LogP contribution in [0.2, 0.25) is 0 Å². The fraction of sp³-hybridized carbons (Fsp3) is 0.643. The largest absolute Gasteiger partial charge is 0.394 e. The number of aromatic nitrogens is 1. The maximum absolute atomic E-state index is 12.9. The lowest BCUT2D eigenvalue weighted by Gasteiger charge is -2.34. The van der Waals surface area contributed by atoms with Crippen molar-refractivity contribution in [3.63, 3.8) is 0 Å². The predicted molar refractivity (Wildman–Crippen MR) is 68.6 cm³/mol. The molecule has 100 valence electrons. The summed E-state index contributed by atoms with van der Waals surface area (Å²) >= 11 is 0. The zero-order valence-corrected chi connectivity index (χ0v) is 10.8. The minimum Gasteiger partial charge on any atom is -0.394 e. The summed E-state index contributed by atoms with van der Waals surface area (Å²) in [5.74, 6) is -0.345. The molecule has 18 heavy (non-hydrogen) atoms. The molecule has 0 spiro atoms. The van der Waals surface area contributed by atoms with Gasteiger partial charge in [-0.15, -0.1) is 0 Å². The highest BCUT2D eigenvalue weighted by Crippen LogP contribution is 2.28. The van der Waals surface area contributed by atoms with Crippen molar-refractivity contribution in [2.45, 2.75) is 50.6 Å². The molecule has 2 rings (SSSR count). The number of hydrogen-bond acceptors (Lipinski definition) is 3. The average molecular weight is 252 g/mol. The summed E-state index contributed by atoms with van der Waals surface area (Å²) < 4.78 is 12.9. The van der Waals surface area contributed by atoms with Gasteiger partial charge in [0.1, 0.15) is 5.82 Å². The fourth-order valence-electron chi connectivity index (χ4n) is 2.72. The van der Waals surface area contributed by atoms with E-state index in [-0.39, 0.29) is 12.4 Å². The van der Waals surface area contributed by atoms with Gasteiger partial charge in [-0.1, -0.05) is 19.8 Å². The van der Waals surface area contributed by atoms with E-state index in [9.17, 15) is 9.50 Å². The molecule has 4 heteroatoms.